The highest BCUT2D eigenvalue weighted by molar-refractivity contribution is 7.98. The number of methoxy groups -OCH3 is 3. The van der Waals surface area contributed by atoms with Crippen molar-refractivity contribution in [3.05, 3.63) is 54.4 Å². The summed E-state index contributed by atoms with van der Waals surface area (Å²) in [6.45, 7) is 2.59. The van der Waals surface area contributed by atoms with Crippen LogP contribution < -0.4 is 18.9 Å². The molecule has 0 atom stereocenters. The van der Waals surface area contributed by atoms with Gasteiger partial charge in [-0.2, -0.15) is 4.98 Å². The van der Waals surface area contributed by atoms with Crippen LogP contribution in [0.15, 0.2) is 58.1 Å². The summed E-state index contributed by atoms with van der Waals surface area (Å²) in [5.74, 6) is 3.70. The van der Waals surface area contributed by atoms with Gasteiger partial charge in [0.25, 0.3) is 0 Å². The maximum atomic E-state index is 5.48. The molecule has 10 heteroatoms. The van der Waals surface area contributed by atoms with Crippen LogP contribution in [-0.2, 0) is 5.75 Å². The highest BCUT2D eigenvalue weighted by atomic mass is 32.2. The summed E-state index contributed by atoms with van der Waals surface area (Å²) in [4.78, 5) is 4.48. The van der Waals surface area contributed by atoms with Crippen LogP contribution in [0.3, 0.4) is 0 Å². The minimum atomic E-state index is 0.423. The topological polar surface area (TPSA) is 102 Å². The Kier molecular flexibility index (Phi) is 7.48. The molecule has 2 aromatic heterocycles. The molecular weight excluding hydrogens is 456 g/mol. The molecule has 2 aromatic carbocycles. The minimum absolute atomic E-state index is 0.423. The van der Waals surface area contributed by atoms with Crippen molar-refractivity contribution in [2.45, 2.75) is 17.7 Å². The highest BCUT2D eigenvalue weighted by Crippen LogP contribution is 2.40. The fraction of sp³-hybridized carbons (Fsp3) is 0.250. The summed E-state index contributed by atoms with van der Waals surface area (Å²) in [5, 5.41) is 13.5. The molecule has 0 N–H and O–H groups in total. The van der Waals surface area contributed by atoms with Crippen LogP contribution in [0.1, 0.15) is 12.8 Å². The Morgan fingerprint density at radius 2 is 1.59 bits per heavy atom. The van der Waals surface area contributed by atoms with Crippen molar-refractivity contribution in [2.75, 3.05) is 27.9 Å². The molecule has 0 unspecified atom stereocenters. The van der Waals surface area contributed by atoms with Gasteiger partial charge in [-0.1, -0.05) is 16.9 Å². The largest absolute Gasteiger partial charge is 0.494 e. The molecule has 0 aliphatic rings. The van der Waals surface area contributed by atoms with E-state index < -0.39 is 0 Å². The second-order valence-electron chi connectivity index (χ2n) is 6.93. The fourth-order valence-corrected chi connectivity index (χ4v) is 3.87. The molecule has 9 nitrogen and oxygen atoms in total. The molecule has 4 rings (SSSR count). The summed E-state index contributed by atoms with van der Waals surface area (Å²) in [6, 6.07) is 15.2. The quantitative estimate of drug-likeness (QED) is 0.291. The van der Waals surface area contributed by atoms with Crippen LogP contribution in [0.25, 0.3) is 22.6 Å². The molecule has 0 aliphatic heterocycles. The van der Waals surface area contributed by atoms with Gasteiger partial charge in [0, 0.05) is 11.1 Å². The van der Waals surface area contributed by atoms with E-state index >= 15 is 0 Å². The molecule has 0 aliphatic carbocycles. The molecule has 176 valence electrons. The Labute approximate surface area is 201 Å². The molecule has 0 bridgehead atoms. The Hall–Kier alpha value is -3.79. The van der Waals surface area contributed by atoms with Gasteiger partial charge in [0.2, 0.25) is 17.5 Å². The molecule has 0 spiro atoms. The summed E-state index contributed by atoms with van der Waals surface area (Å²) < 4.78 is 27.0. The number of rotatable bonds is 10. The zero-order chi connectivity index (χ0) is 23.9. The summed E-state index contributed by atoms with van der Waals surface area (Å²) in [5.41, 5.74) is 2.45. The monoisotopic (exact) mass is 480 g/mol. The van der Waals surface area contributed by atoms with Crippen LogP contribution in [0.4, 0.5) is 0 Å². The third kappa shape index (κ3) is 5.23. The first-order valence-corrected chi connectivity index (χ1v) is 11.5. The lowest BCUT2D eigenvalue weighted by molar-refractivity contribution is 0.324. The lowest BCUT2D eigenvalue weighted by atomic mass is 10.1. The number of thioether (sulfide) groups is 1. The van der Waals surface area contributed by atoms with Crippen LogP contribution >= 0.6 is 11.8 Å². The third-order valence-corrected chi connectivity index (χ3v) is 5.74. The van der Waals surface area contributed by atoms with E-state index in [9.17, 15) is 0 Å². The number of hydrogen-bond donors (Lipinski definition) is 0. The van der Waals surface area contributed by atoms with Crippen molar-refractivity contribution in [1.82, 2.24) is 20.3 Å². The van der Waals surface area contributed by atoms with Gasteiger partial charge in [-0.25, -0.2) is 0 Å². The second kappa shape index (κ2) is 10.9. The van der Waals surface area contributed by atoms with Crippen molar-refractivity contribution in [2.24, 2.45) is 0 Å². The molecular formula is C24H24N4O5S. The van der Waals surface area contributed by atoms with Gasteiger partial charge >= 0.3 is 0 Å². The number of hydrogen-bond acceptors (Lipinski definition) is 10. The Morgan fingerprint density at radius 3 is 2.18 bits per heavy atom. The average Bonchev–Trinajstić information content (AvgIpc) is 3.36. The third-order valence-electron chi connectivity index (χ3n) is 4.84. The zero-order valence-electron chi connectivity index (χ0n) is 19.3. The van der Waals surface area contributed by atoms with Crippen molar-refractivity contribution >= 4 is 11.8 Å². The van der Waals surface area contributed by atoms with Gasteiger partial charge in [-0.05, 0) is 55.5 Å². The molecule has 34 heavy (non-hydrogen) atoms. The van der Waals surface area contributed by atoms with Crippen LogP contribution in [0.2, 0.25) is 0 Å². The van der Waals surface area contributed by atoms with Crippen LogP contribution in [0, 0.1) is 0 Å². The second-order valence-corrected chi connectivity index (χ2v) is 7.92. The molecule has 0 saturated heterocycles. The predicted molar refractivity (Wildman–Crippen MR) is 128 cm³/mol. The maximum Gasteiger partial charge on any atom is 0.237 e. The van der Waals surface area contributed by atoms with Crippen molar-refractivity contribution in [3.8, 4) is 45.6 Å². The van der Waals surface area contributed by atoms with E-state index in [-0.39, 0.29) is 0 Å². The van der Waals surface area contributed by atoms with E-state index in [1.807, 2.05) is 43.3 Å². The fourth-order valence-electron chi connectivity index (χ4n) is 3.22. The van der Waals surface area contributed by atoms with E-state index in [1.165, 1.54) is 11.8 Å². The van der Waals surface area contributed by atoms with Gasteiger partial charge in [0.05, 0.1) is 39.4 Å². The standard InChI is InChI=1S/C24H24N4O5S/c1-5-32-17-8-6-15(7-9-17)18-10-11-22(27-26-18)34-14-21-25-24(28-33-21)16-12-19(29-2)23(31-4)20(13-16)30-3/h6-13H,5,14H2,1-4H3. The highest BCUT2D eigenvalue weighted by Gasteiger charge is 2.17. The SMILES string of the molecule is CCOc1ccc(-c2ccc(SCc3nc(-c4cc(OC)c(OC)c(OC)c4)no3)nn2)cc1. The first-order valence-electron chi connectivity index (χ1n) is 10.5. The van der Waals surface area contributed by atoms with Gasteiger partial charge in [-0.15, -0.1) is 10.2 Å². The lowest BCUT2D eigenvalue weighted by Crippen LogP contribution is -1.96. The Balaban J connectivity index is 1.42. The normalized spacial score (nSPS) is 10.7. The van der Waals surface area contributed by atoms with Gasteiger partial charge in [0.1, 0.15) is 10.8 Å². The van der Waals surface area contributed by atoms with E-state index in [0.717, 1.165) is 22.0 Å². The summed E-state index contributed by atoms with van der Waals surface area (Å²) in [7, 11) is 4.67. The summed E-state index contributed by atoms with van der Waals surface area (Å²) in [6.07, 6.45) is 0. The van der Waals surface area contributed by atoms with Gasteiger partial charge in [-0.3, -0.25) is 0 Å². The number of aromatic nitrogens is 4. The first-order chi connectivity index (χ1) is 16.6. The molecule has 0 fully saturated rings. The lowest BCUT2D eigenvalue weighted by Gasteiger charge is -2.12. The van der Waals surface area contributed by atoms with E-state index in [1.54, 1.807) is 33.5 Å². The maximum absolute atomic E-state index is 5.48. The van der Waals surface area contributed by atoms with Gasteiger partial charge in [0.15, 0.2) is 11.5 Å². The van der Waals surface area contributed by atoms with Crippen molar-refractivity contribution < 1.29 is 23.5 Å². The smallest absolute Gasteiger partial charge is 0.237 e. The van der Waals surface area contributed by atoms with Crippen LogP contribution in [-0.4, -0.2) is 48.3 Å². The summed E-state index contributed by atoms with van der Waals surface area (Å²) >= 11 is 1.46. The molecule has 2 heterocycles. The van der Waals surface area contributed by atoms with Crippen molar-refractivity contribution in [3.63, 3.8) is 0 Å². The first kappa shape index (κ1) is 23.4. The van der Waals surface area contributed by atoms with E-state index in [2.05, 4.69) is 20.3 Å². The zero-order valence-corrected chi connectivity index (χ0v) is 20.1. The van der Waals surface area contributed by atoms with E-state index in [0.29, 0.717) is 46.9 Å². The predicted octanol–water partition coefficient (Wildman–Crippen LogP) is 4.91. The van der Waals surface area contributed by atoms with Crippen molar-refractivity contribution in [1.29, 1.82) is 0 Å². The van der Waals surface area contributed by atoms with E-state index in [4.69, 9.17) is 23.5 Å². The molecule has 0 saturated carbocycles. The average molecular weight is 481 g/mol. The number of nitrogens with zero attached hydrogens (tertiary/aromatic N) is 4. The number of benzene rings is 2. The minimum Gasteiger partial charge on any atom is -0.494 e. The molecule has 0 amide bonds. The van der Waals surface area contributed by atoms with Gasteiger partial charge < -0.3 is 23.5 Å². The molecule has 4 aromatic rings. The Bertz CT molecular complexity index is 1200. The van der Waals surface area contributed by atoms with Crippen LogP contribution in [0.5, 0.6) is 23.0 Å². The Morgan fingerprint density at radius 1 is 0.853 bits per heavy atom. The number of ether oxygens (including phenoxy) is 4. The molecule has 0 radical (unpaired) electrons.